The number of guanidine groups is 1. The Hall–Kier alpha value is -5.42. The fourth-order valence-corrected chi connectivity index (χ4v) is 4.90. The Morgan fingerprint density at radius 2 is 1.82 bits per heavy atom. The molecule has 232 valence electrons. The van der Waals surface area contributed by atoms with Crippen molar-refractivity contribution in [2.24, 2.45) is 16.5 Å². The summed E-state index contributed by atoms with van der Waals surface area (Å²) in [6.45, 7) is 3.13. The number of carbonyl (C=O) groups is 1. The molecule has 0 saturated carbocycles. The van der Waals surface area contributed by atoms with Crippen LogP contribution in [0.25, 0.3) is 28.0 Å². The van der Waals surface area contributed by atoms with Crippen molar-refractivity contribution in [3.05, 3.63) is 113 Å². The van der Waals surface area contributed by atoms with E-state index in [-0.39, 0.29) is 17.6 Å². The zero-order chi connectivity index (χ0) is 31.6. The highest BCUT2D eigenvalue weighted by molar-refractivity contribution is 5.94. The fraction of sp³-hybridized carbons (Fsp3) is 0.235. The molecule has 0 unspecified atom stereocenters. The van der Waals surface area contributed by atoms with Crippen LogP contribution in [0.3, 0.4) is 0 Å². The van der Waals surface area contributed by atoms with E-state index < -0.39 is 0 Å². The summed E-state index contributed by atoms with van der Waals surface area (Å²) in [5, 5.41) is 4.18. The third-order valence-corrected chi connectivity index (χ3v) is 7.28. The van der Waals surface area contributed by atoms with Crippen molar-refractivity contribution in [2.75, 3.05) is 33.3 Å². The molecule has 0 saturated heterocycles. The molecule has 6 N–H and O–H groups in total. The van der Waals surface area contributed by atoms with Crippen molar-refractivity contribution in [3.8, 4) is 22.7 Å². The molecule has 0 aliphatic heterocycles. The van der Waals surface area contributed by atoms with Gasteiger partial charge in [0.25, 0.3) is 5.91 Å². The first kappa shape index (κ1) is 31.0. The summed E-state index contributed by atoms with van der Waals surface area (Å²) in [6, 6.07) is 26.8. The van der Waals surface area contributed by atoms with Gasteiger partial charge in [0.1, 0.15) is 11.4 Å². The third kappa shape index (κ3) is 8.36. The molecule has 0 bridgehead atoms. The number of nitrogens with two attached hydrogens (primary N) is 2. The van der Waals surface area contributed by atoms with E-state index in [0.717, 1.165) is 46.6 Å². The van der Waals surface area contributed by atoms with Gasteiger partial charge in [0.15, 0.2) is 5.96 Å². The van der Waals surface area contributed by atoms with E-state index in [1.807, 2.05) is 84.9 Å². The van der Waals surface area contributed by atoms with Crippen LogP contribution < -0.4 is 27.2 Å². The molecule has 0 fully saturated rings. The predicted octanol–water partition coefficient (Wildman–Crippen LogP) is 3.68. The predicted molar refractivity (Wildman–Crippen MR) is 178 cm³/mol. The van der Waals surface area contributed by atoms with Crippen molar-refractivity contribution in [3.63, 3.8) is 0 Å². The molecular formula is C34H38N8O3. The molecule has 0 aliphatic carbocycles. The van der Waals surface area contributed by atoms with Gasteiger partial charge >= 0.3 is 5.69 Å². The van der Waals surface area contributed by atoms with Crippen LogP contribution in [0.1, 0.15) is 28.8 Å². The summed E-state index contributed by atoms with van der Waals surface area (Å²) >= 11 is 0. The van der Waals surface area contributed by atoms with Crippen LogP contribution in [-0.4, -0.2) is 64.6 Å². The number of hydrogen-bond donors (Lipinski definition) is 4. The van der Waals surface area contributed by atoms with Gasteiger partial charge in [-0.2, -0.15) is 4.98 Å². The molecule has 1 amide bonds. The lowest BCUT2D eigenvalue weighted by molar-refractivity contribution is 0.0788. The summed E-state index contributed by atoms with van der Waals surface area (Å²) in [5.41, 5.74) is 15.1. The molecule has 5 rings (SSSR count). The van der Waals surface area contributed by atoms with Crippen molar-refractivity contribution in [1.82, 2.24) is 24.8 Å². The number of amides is 1. The number of hydrogen-bond acceptors (Lipinski definition) is 6. The van der Waals surface area contributed by atoms with Crippen molar-refractivity contribution in [2.45, 2.75) is 19.4 Å². The van der Waals surface area contributed by atoms with Gasteiger partial charge in [-0.05, 0) is 67.4 Å². The van der Waals surface area contributed by atoms with Gasteiger partial charge in [0.2, 0.25) is 0 Å². The van der Waals surface area contributed by atoms with Crippen LogP contribution in [0.15, 0.2) is 101 Å². The van der Waals surface area contributed by atoms with Gasteiger partial charge in [0.05, 0.1) is 12.3 Å². The Bertz CT molecular complexity index is 1810. The van der Waals surface area contributed by atoms with Crippen LogP contribution in [0.2, 0.25) is 0 Å². The molecule has 5 aromatic rings. The SMILES string of the molecule is CN(CCCOc1cccc(-c2cc3cn(-c4ccc(CNCCCN=C(N)N)cc4)c(=O)nc3[nH]2)c1)C(=O)c1ccccc1. The number of fused-ring (bicyclic) bond motifs is 1. The average molecular weight is 607 g/mol. The lowest BCUT2D eigenvalue weighted by atomic mass is 10.1. The number of H-pyrrole nitrogens is 1. The van der Waals surface area contributed by atoms with Crippen molar-refractivity contribution >= 4 is 22.9 Å². The molecule has 11 heteroatoms. The Balaban J connectivity index is 1.18. The Labute approximate surface area is 261 Å². The zero-order valence-electron chi connectivity index (χ0n) is 25.3. The maximum atomic E-state index is 12.9. The lowest BCUT2D eigenvalue weighted by Crippen LogP contribution is -2.28. The maximum absolute atomic E-state index is 12.9. The number of nitrogens with zero attached hydrogens (tertiary/aromatic N) is 4. The van der Waals surface area contributed by atoms with Gasteiger partial charge in [-0.25, -0.2) is 4.79 Å². The second-order valence-corrected chi connectivity index (χ2v) is 10.7. The molecule has 3 aromatic carbocycles. The molecule has 11 nitrogen and oxygen atoms in total. The minimum Gasteiger partial charge on any atom is -0.494 e. The smallest absolute Gasteiger partial charge is 0.354 e. The first-order chi connectivity index (χ1) is 21.9. The lowest BCUT2D eigenvalue weighted by Gasteiger charge is -2.17. The van der Waals surface area contributed by atoms with E-state index in [1.165, 1.54) is 0 Å². The fourth-order valence-electron chi connectivity index (χ4n) is 4.90. The molecule has 2 heterocycles. The van der Waals surface area contributed by atoms with Crippen molar-refractivity contribution in [1.29, 1.82) is 0 Å². The largest absolute Gasteiger partial charge is 0.494 e. The molecular weight excluding hydrogens is 568 g/mol. The zero-order valence-corrected chi connectivity index (χ0v) is 25.3. The van der Waals surface area contributed by atoms with E-state index in [9.17, 15) is 9.59 Å². The number of aliphatic imine (C=N–C) groups is 1. The minimum absolute atomic E-state index is 0.00892. The second-order valence-electron chi connectivity index (χ2n) is 10.7. The highest BCUT2D eigenvalue weighted by Gasteiger charge is 2.12. The van der Waals surface area contributed by atoms with Crippen LogP contribution in [0, 0.1) is 0 Å². The Morgan fingerprint density at radius 1 is 1.02 bits per heavy atom. The molecule has 45 heavy (non-hydrogen) atoms. The number of nitrogens with one attached hydrogen (secondary N) is 2. The maximum Gasteiger partial charge on any atom is 0.354 e. The number of carbonyl (C=O) groups excluding carboxylic acids is 1. The van der Waals surface area contributed by atoms with Gasteiger partial charge in [-0.1, -0.05) is 42.5 Å². The van der Waals surface area contributed by atoms with Crippen LogP contribution in [-0.2, 0) is 6.54 Å². The highest BCUT2D eigenvalue weighted by Crippen LogP contribution is 2.26. The Kier molecular flexibility index (Phi) is 10.2. The van der Waals surface area contributed by atoms with E-state index in [4.69, 9.17) is 16.2 Å². The van der Waals surface area contributed by atoms with E-state index >= 15 is 0 Å². The normalized spacial score (nSPS) is 11.0. The number of aromatic nitrogens is 3. The Morgan fingerprint density at radius 3 is 2.60 bits per heavy atom. The second kappa shape index (κ2) is 14.8. The number of benzene rings is 3. The number of ether oxygens (including phenoxy) is 1. The summed E-state index contributed by atoms with van der Waals surface area (Å²) in [5.74, 6) is 0.819. The van der Waals surface area contributed by atoms with Gasteiger partial charge < -0.3 is 31.4 Å². The molecule has 0 atom stereocenters. The standard InChI is InChI=1S/C34H38N8O3/c1-41(32(43)25-8-3-2-4-9-25)18-7-19-45-29-11-5-10-26(20-29)30-21-27-23-42(34(44)40-31(27)39-30)28-14-12-24(13-15-28)22-37-16-6-17-38-33(35)36/h2-5,8-15,20-21,23,37H,6-7,16-19,22H2,1H3,(H4,35,36,38)(H,39,40,44). The summed E-state index contributed by atoms with van der Waals surface area (Å²) in [6.07, 6.45) is 3.33. The third-order valence-electron chi connectivity index (χ3n) is 7.28. The molecule has 0 aliphatic rings. The van der Waals surface area contributed by atoms with E-state index in [0.29, 0.717) is 43.9 Å². The molecule has 0 spiro atoms. The van der Waals surface area contributed by atoms with Gasteiger partial charge in [0, 0.05) is 55.1 Å². The highest BCUT2D eigenvalue weighted by atomic mass is 16.5. The monoisotopic (exact) mass is 606 g/mol. The quantitative estimate of drug-likeness (QED) is 0.0853. The average Bonchev–Trinajstić information content (AvgIpc) is 3.47. The van der Waals surface area contributed by atoms with Gasteiger partial charge in [-0.3, -0.25) is 14.4 Å². The van der Waals surface area contributed by atoms with E-state index in [1.54, 1.807) is 22.7 Å². The van der Waals surface area contributed by atoms with Crippen LogP contribution >= 0.6 is 0 Å². The molecule has 2 aromatic heterocycles. The van der Waals surface area contributed by atoms with Crippen molar-refractivity contribution < 1.29 is 9.53 Å². The summed E-state index contributed by atoms with van der Waals surface area (Å²) < 4.78 is 7.54. The number of aromatic amines is 1. The topological polar surface area (TPSA) is 157 Å². The first-order valence-corrected chi connectivity index (χ1v) is 14.9. The van der Waals surface area contributed by atoms with Crippen LogP contribution in [0.4, 0.5) is 0 Å². The summed E-state index contributed by atoms with van der Waals surface area (Å²) in [4.78, 5) is 38.7. The molecule has 0 radical (unpaired) electrons. The minimum atomic E-state index is -0.366. The summed E-state index contributed by atoms with van der Waals surface area (Å²) in [7, 11) is 1.80. The van der Waals surface area contributed by atoms with Gasteiger partial charge in [-0.15, -0.1) is 0 Å². The van der Waals surface area contributed by atoms with Crippen LogP contribution in [0.5, 0.6) is 5.75 Å². The number of rotatable bonds is 14. The van der Waals surface area contributed by atoms with E-state index in [2.05, 4.69) is 20.3 Å². The first-order valence-electron chi connectivity index (χ1n) is 14.9.